The summed E-state index contributed by atoms with van der Waals surface area (Å²) in [6.07, 6.45) is 1.47. The van der Waals surface area contributed by atoms with Gasteiger partial charge in [-0.3, -0.25) is 4.79 Å². The lowest BCUT2D eigenvalue weighted by molar-refractivity contribution is -0.121. The van der Waals surface area contributed by atoms with Gasteiger partial charge in [0.1, 0.15) is 12.0 Å². The van der Waals surface area contributed by atoms with E-state index in [1.807, 2.05) is 6.92 Å². The summed E-state index contributed by atoms with van der Waals surface area (Å²) in [5, 5.41) is 8.74. The highest BCUT2D eigenvalue weighted by Crippen LogP contribution is 2.29. The molecule has 0 aliphatic rings. The molecule has 0 radical (unpaired) electrons. The van der Waals surface area contributed by atoms with Gasteiger partial charge < -0.3 is 16.0 Å². The van der Waals surface area contributed by atoms with E-state index in [1.54, 1.807) is 12.1 Å². The molecule has 0 aliphatic heterocycles. The third kappa shape index (κ3) is 7.15. The molecule has 1 aromatic rings. The first-order chi connectivity index (χ1) is 10.2. The molecule has 1 atom stereocenters. The number of anilines is 1. The Bertz CT molecular complexity index is 521. The second-order valence-electron chi connectivity index (χ2n) is 4.25. The van der Waals surface area contributed by atoms with E-state index < -0.39 is 9.96 Å². The van der Waals surface area contributed by atoms with Gasteiger partial charge in [0.15, 0.2) is 5.11 Å². The molecule has 122 valence electrons. The number of nitrogens with zero attached hydrogens (tertiary/aromatic N) is 1. The fraction of sp³-hybridized carbons (Fsp3) is 0.417. The van der Waals surface area contributed by atoms with Crippen molar-refractivity contribution in [3.05, 3.63) is 23.4 Å². The fourth-order valence-electron chi connectivity index (χ4n) is 1.39. The van der Waals surface area contributed by atoms with Gasteiger partial charge in [-0.15, -0.1) is 0 Å². The Morgan fingerprint density at radius 2 is 2.05 bits per heavy atom. The van der Waals surface area contributed by atoms with Crippen LogP contribution in [0.15, 0.2) is 18.3 Å². The average Bonchev–Trinajstić information content (AvgIpc) is 2.40. The van der Waals surface area contributed by atoms with Crippen LogP contribution in [0.25, 0.3) is 0 Å². The lowest BCUT2D eigenvalue weighted by Crippen LogP contribution is -2.56. The number of nitrogens with one attached hydrogen (secondary N) is 3. The summed E-state index contributed by atoms with van der Waals surface area (Å²) < 4.78 is -1.78. The van der Waals surface area contributed by atoms with Crippen LogP contribution >= 0.6 is 58.6 Å². The number of carbonyl (C=O) groups excluding carboxylic acids is 1. The molecule has 0 saturated heterocycles. The maximum absolute atomic E-state index is 11.7. The van der Waals surface area contributed by atoms with Crippen molar-refractivity contribution in [2.75, 3.05) is 5.32 Å². The number of hydrogen-bond acceptors (Lipinski definition) is 3. The zero-order valence-corrected chi connectivity index (χ0v) is 15.3. The number of pyridine rings is 1. The van der Waals surface area contributed by atoms with Crippen molar-refractivity contribution in [1.82, 2.24) is 15.6 Å². The molecule has 22 heavy (non-hydrogen) atoms. The van der Waals surface area contributed by atoms with Crippen LogP contribution in [-0.4, -0.2) is 26.0 Å². The van der Waals surface area contributed by atoms with E-state index in [-0.39, 0.29) is 11.0 Å². The van der Waals surface area contributed by atoms with Crippen LogP contribution in [0.4, 0.5) is 5.82 Å². The quantitative estimate of drug-likeness (QED) is 0.398. The summed E-state index contributed by atoms with van der Waals surface area (Å²) in [5.74, 6) is 0.212. The molecule has 0 aromatic carbocycles. The molecule has 3 N–H and O–H groups in total. The zero-order valence-electron chi connectivity index (χ0n) is 11.5. The number of rotatable bonds is 5. The van der Waals surface area contributed by atoms with E-state index in [9.17, 15) is 4.79 Å². The number of hydrogen-bond donors (Lipinski definition) is 3. The first-order valence-corrected chi connectivity index (χ1v) is 8.19. The highest BCUT2D eigenvalue weighted by molar-refractivity contribution is 7.80. The molecule has 0 fully saturated rings. The molecular weight excluding hydrogens is 390 g/mol. The van der Waals surface area contributed by atoms with Crippen LogP contribution in [0.1, 0.15) is 19.8 Å². The second kappa shape index (κ2) is 8.93. The van der Waals surface area contributed by atoms with Gasteiger partial charge in [0, 0.05) is 12.6 Å². The Morgan fingerprint density at radius 1 is 1.36 bits per heavy atom. The van der Waals surface area contributed by atoms with Crippen molar-refractivity contribution in [3.8, 4) is 0 Å². The summed E-state index contributed by atoms with van der Waals surface area (Å²) in [6.45, 7) is 1.87. The third-order valence-corrected chi connectivity index (χ3v) is 3.45. The maximum Gasteiger partial charge on any atom is 0.228 e. The minimum atomic E-state index is -1.78. The number of halogens is 4. The number of alkyl halides is 3. The Hall–Kier alpha value is -0.530. The summed E-state index contributed by atoms with van der Waals surface area (Å²) in [7, 11) is 0. The topological polar surface area (TPSA) is 66.1 Å². The largest absolute Gasteiger partial charge is 0.339 e. The first kappa shape index (κ1) is 19.5. The van der Waals surface area contributed by atoms with Crippen molar-refractivity contribution in [3.63, 3.8) is 0 Å². The molecule has 1 heterocycles. The van der Waals surface area contributed by atoms with Gasteiger partial charge in [-0.1, -0.05) is 53.3 Å². The number of aromatic nitrogens is 1. The van der Waals surface area contributed by atoms with Gasteiger partial charge >= 0.3 is 0 Å². The predicted molar refractivity (Wildman–Crippen MR) is 95.7 cm³/mol. The molecule has 0 saturated carbocycles. The standard InChI is InChI=1S/C12H14Cl4N4OS/c1-2-3-9(21)19-10(12(14,15)16)20-11(22)18-8-5-4-7(13)6-17-8/h4-6,10H,2-3H2,1H3,(H,19,21)(H2,17,18,20,22)/t10-/m1/s1. The van der Waals surface area contributed by atoms with Gasteiger partial charge in [-0.2, -0.15) is 0 Å². The molecule has 1 aromatic heterocycles. The van der Waals surface area contributed by atoms with E-state index in [0.717, 1.165) is 0 Å². The van der Waals surface area contributed by atoms with Crippen molar-refractivity contribution >= 4 is 75.5 Å². The average molecular weight is 404 g/mol. The van der Waals surface area contributed by atoms with E-state index >= 15 is 0 Å². The van der Waals surface area contributed by atoms with Crippen LogP contribution in [0.5, 0.6) is 0 Å². The lowest BCUT2D eigenvalue weighted by Gasteiger charge is -2.27. The van der Waals surface area contributed by atoms with E-state index in [0.29, 0.717) is 23.7 Å². The van der Waals surface area contributed by atoms with Gasteiger partial charge in [-0.05, 0) is 30.8 Å². The van der Waals surface area contributed by atoms with Gasteiger partial charge in [0.05, 0.1) is 5.02 Å². The van der Waals surface area contributed by atoms with Crippen LogP contribution < -0.4 is 16.0 Å². The van der Waals surface area contributed by atoms with Gasteiger partial charge in [-0.25, -0.2) is 4.98 Å². The van der Waals surface area contributed by atoms with Crippen LogP contribution in [0.2, 0.25) is 5.02 Å². The van der Waals surface area contributed by atoms with Gasteiger partial charge in [0.2, 0.25) is 9.70 Å². The number of thiocarbonyl (C=S) groups is 1. The molecular formula is C12H14Cl4N4OS. The maximum atomic E-state index is 11.7. The number of carbonyl (C=O) groups is 1. The molecule has 5 nitrogen and oxygen atoms in total. The molecule has 10 heteroatoms. The van der Waals surface area contributed by atoms with Crippen molar-refractivity contribution in [2.24, 2.45) is 0 Å². The summed E-state index contributed by atoms with van der Waals surface area (Å²) in [4.78, 5) is 15.7. The Labute approximate surface area is 154 Å². The molecule has 0 spiro atoms. The Morgan fingerprint density at radius 3 is 2.55 bits per heavy atom. The molecule has 0 aliphatic carbocycles. The fourth-order valence-corrected chi connectivity index (χ4v) is 2.05. The molecule has 0 unspecified atom stereocenters. The minimum Gasteiger partial charge on any atom is -0.339 e. The van der Waals surface area contributed by atoms with E-state index in [2.05, 4.69) is 20.9 Å². The van der Waals surface area contributed by atoms with Gasteiger partial charge in [0.25, 0.3) is 0 Å². The first-order valence-electron chi connectivity index (χ1n) is 6.27. The summed E-state index contributed by atoms with van der Waals surface area (Å²) in [6, 6.07) is 3.28. The van der Waals surface area contributed by atoms with Crippen molar-refractivity contribution in [2.45, 2.75) is 29.7 Å². The molecule has 1 amide bonds. The number of amides is 1. The molecule has 1 rings (SSSR count). The monoisotopic (exact) mass is 402 g/mol. The third-order valence-electron chi connectivity index (χ3n) is 2.35. The van der Waals surface area contributed by atoms with E-state index in [4.69, 9.17) is 58.6 Å². The SMILES string of the molecule is CCCC(=O)N[C@H](NC(=S)Nc1ccc(Cl)cn1)C(Cl)(Cl)Cl. The minimum absolute atomic E-state index is 0.142. The van der Waals surface area contributed by atoms with Crippen LogP contribution in [0.3, 0.4) is 0 Å². The Balaban J connectivity index is 2.66. The highest BCUT2D eigenvalue weighted by atomic mass is 35.6. The van der Waals surface area contributed by atoms with Crippen molar-refractivity contribution < 1.29 is 4.79 Å². The molecule has 0 bridgehead atoms. The normalized spacial score (nSPS) is 12.4. The summed E-state index contributed by atoms with van der Waals surface area (Å²) in [5.41, 5.74) is 0. The zero-order chi connectivity index (χ0) is 16.8. The smallest absolute Gasteiger partial charge is 0.228 e. The lowest BCUT2D eigenvalue weighted by atomic mass is 10.3. The van der Waals surface area contributed by atoms with Crippen LogP contribution in [0, 0.1) is 0 Å². The predicted octanol–water partition coefficient (Wildman–Crippen LogP) is 3.63. The van der Waals surface area contributed by atoms with Crippen molar-refractivity contribution in [1.29, 1.82) is 0 Å². The van der Waals surface area contributed by atoms with E-state index in [1.165, 1.54) is 6.20 Å². The van der Waals surface area contributed by atoms with Crippen LogP contribution in [-0.2, 0) is 4.79 Å². The highest BCUT2D eigenvalue weighted by Gasteiger charge is 2.34. The Kier molecular flexibility index (Phi) is 7.93. The second-order valence-corrected chi connectivity index (χ2v) is 7.47. The summed E-state index contributed by atoms with van der Waals surface area (Å²) >= 11 is 28.4.